The molecule has 0 amide bonds. The fourth-order valence-electron chi connectivity index (χ4n) is 2.27. The zero-order valence-electron chi connectivity index (χ0n) is 14.0. The van der Waals surface area contributed by atoms with E-state index in [4.69, 9.17) is 4.74 Å². The minimum absolute atomic E-state index is 0.309. The lowest BCUT2D eigenvalue weighted by Gasteiger charge is -2.20. The van der Waals surface area contributed by atoms with Crippen molar-refractivity contribution >= 4 is 23.5 Å². The normalized spacial score (nSPS) is 11.5. The van der Waals surface area contributed by atoms with E-state index in [-0.39, 0.29) is 12.2 Å². The zero-order valence-corrected chi connectivity index (χ0v) is 14.0. The maximum atomic E-state index is 12.4. The van der Waals surface area contributed by atoms with Crippen molar-refractivity contribution in [3.05, 3.63) is 29.8 Å². The molecular formula is C17H20O7. The van der Waals surface area contributed by atoms with E-state index in [1.807, 2.05) is 0 Å². The van der Waals surface area contributed by atoms with Gasteiger partial charge >= 0.3 is 11.9 Å². The minimum Gasteiger partial charge on any atom is -0.497 e. The Labute approximate surface area is 139 Å². The number of rotatable bonds is 8. The lowest BCUT2D eigenvalue weighted by molar-refractivity contribution is -0.163. The first kappa shape index (κ1) is 19.3. The molecule has 0 aliphatic heterocycles. The van der Waals surface area contributed by atoms with Crippen LogP contribution in [0, 0.1) is 11.8 Å². The Kier molecular flexibility index (Phi) is 7.10. The summed E-state index contributed by atoms with van der Waals surface area (Å²) < 4.78 is 14.1. The van der Waals surface area contributed by atoms with Gasteiger partial charge in [0, 0.05) is 17.9 Å². The van der Waals surface area contributed by atoms with E-state index < -0.39 is 29.6 Å². The van der Waals surface area contributed by atoms with Gasteiger partial charge in [-0.25, -0.2) is 0 Å². The lowest BCUT2D eigenvalue weighted by Crippen LogP contribution is -2.38. The highest BCUT2D eigenvalue weighted by Gasteiger charge is 2.40. The molecule has 130 valence electrons. The number of esters is 2. The molecule has 0 saturated carbocycles. The van der Waals surface area contributed by atoms with Gasteiger partial charge in [-0.05, 0) is 31.2 Å². The highest BCUT2D eigenvalue weighted by Crippen LogP contribution is 2.23. The van der Waals surface area contributed by atoms with E-state index >= 15 is 0 Å². The van der Waals surface area contributed by atoms with Crippen molar-refractivity contribution in [2.45, 2.75) is 13.3 Å². The van der Waals surface area contributed by atoms with Crippen LogP contribution in [0.3, 0.4) is 0 Å². The van der Waals surface area contributed by atoms with Crippen LogP contribution >= 0.6 is 0 Å². The molecule has 0 heterocycles. The number of benzene rings is 1. The number of ether oxygens (including phenoxy) is 3. The Morgan fingerprint density at radius 3 is 1.79 bits per heavy atom. The zero-order chi connectivity index (χ0) is 18.3. The summed E-state index contributed by atoms with van der Waals surface area (Å²) in [6.45, 7) is 1.21. The third-order valence-corrected chi connectivity index (χ3v) is 3.65. The molecule has 1 aromatic carbocycles. The van der Waals surface area contributed by atoms with E-state index in [1.165, 1.54) is 14.0 Å². The molecule has 1 rings (SSSR count). The van der Waals surface area contributed by atoms with Crippen molar-refractivity contribution in [2.24, 2.45) is 11.8 Å². The summed E-state index contributed by atoms with van der Waals surface area (Å²) in [5.74, 6) is -4.72. The second kappa shape index (κ2) is 8.81. The van der Waals surface area contributed by atoms with E-state index in [2.05, 4.69) is 9.47 Å². The smallest absolute Gasteiger partial charge is 0.320 e. The van der Waals surface area contributed by atoms with Crippen LogP contribution in [-0.4, -0.2) is 44.8 Å². The van der Waals surface area contributed by atoms with Crippen LogP contribution < -0.4 is 4.74 Å². The molecule has 0 bridgehead atoms. The van der Waals surface area contributed by atoms with Gasteiger partial charge in [-0.1, -0.05) is 0 Å². The summed E-state index contributed by atoms with van der Waals surface area (Å²) in [6.07, 6.45) is -0.309. The Balaban J connectivity index is 3.05. The predicted octanol–water partition coefficient (Wildman–Crippen LogP) is 1.44. The van der Waals surface area contributed by atoms with Crippen LogP contribution in [0.5, 0.6) is 5.75 Å². The fraction of sp³-hybridized carbons (Fsp3) is 0.412. The number of carbonyl (C=O) groups excluding carboxylic acids is 4. The molecule has 0 aliphatic carbocycles. The number of hydrogen-bond donors (Lipinski definition) is 0. The highest BCUT2D eigenvalue weighted by atomic mass is 16.5. The number of hydrogen-bond acceptors (Lipinski definition) is 7. The van der Waals surface area contributed by atoms with E-state index in [9.17, 15) is 19.2 Å². The largest absolute Gasteiger partial charge is 0.497 e. The summed E-state index contributed by atoms with van der Waals surface area (Å²) in [5, 5.41) is 0. The van der Waals surface area contributed by atoms with Crippen molar-refractivity contribution in [2.75, 3.05) is 21.3 Å². The SMILES string of the molecule is COC(=O)C(C(=O)OC)C(CC(=O)c1ccc(OC)cc1)C(C)=O. The van der Waals surface area contributed by atoms with Crippen LogP contribution in [-0.2, 0) is 23.9 Å². The Hall–Kier alpha value is -2.70. The lowest BCUT2D eigenvalue weighted by atomic mass is 9.83. The maximum absolute atomic E-state index is 12.4. The topological polar surface area (TPSA) is 96.0 Å². The fourth-order valence-corrected chi connectivity index (χ4v) is 2.27. The molecule has 0 spiro atoms. The van der Waals surface area contributed by atoms with Crippen LogP contribution in [0.15, 0.2) is 24.3 Å². The van der Waals surface area contributed by atoms with Crippen LogP contribution in [0.25, 0.3) is 0 Å². The molecule has 0 N–H and O–H groups in total. The molecule has 7 nitrogen and oxygen atoms in total. The monoisotopic (exact) mass is 336 g/mol. The second-order valence-corrected chi connectivity index (χ2v) is 5.10. The first-order valence-electron chi connectivity index (χ1n) is 7.19. The molecular weight excluding hydrogens is 316 g/mol. The van der Waals surface area contributed by atoms with Gasteiger partial charge in [-0.15, -0.1) is 0 Å². The number of methoxy groups -OCH3 is 3. The van der Waals surface area contributed by atoms with E-state index in [0.29, 0.717) is 11.3 Å². The van der Waals surface area contributed by atoms with Crippen molar-refractivity contribution in [3.63, 3.8) is 0 Å². The quantitative estimate of drug-likeness (QED) is 0.402. The molecule has 1 unspecified atom stereocenters. The Morgan fingerprint density at radius 2 is 1.42 bits per heavy atom. The summed E-state index contributed by atoms with van der Waals surface area (Å²) in [5.41, 5.74) is 0.343. The summed E-state index contributed by atoms with van der Waals surface area (Å²) in [6, 6.07) is 6.30. The minimum atomic E-state index is -1.47. The number of carbonyl (C=O) groups is 4. The van der Waals surface area contributed by atoms with Gasteiger partial charge in [-0.3, -0.25) is 19.2 Å². The van der Waals surface area contributed by atoms with Gasteiger partial charge in [0.2, 0.25) is 0 Å². The number of Topliss-reactive ketones (excluding diaryl/α,β-unsaturated/α-hetero) is 2. The number of ketones is 2. The average Bonchev–Trinajstić information content (AvgIpc) is 2.60. The summed E-state index contributed by atoms with van der Waals surface area (Å²) in [7, 11) is 3.70. The Bertz CT molecular complexity index is 602. The highest BCUT2D eigenvalue weighted by molar-refractivity contribution is 6.04. The molecule has 7 heteroatoms. The second-order valence-electron chi connectivity index (χ2n) is 5.10. The van der Waals surface area contributed by atoms with Crippen molar-refractivity contribution in [1.82, 2.24) is 0 Å². The van der Waals surface area contributed by atoms with Crippen LogP contribution in [0.2, 0.25) is 0 Å². The first-order chi connectivity index (χ1) is 11.3. The van der Waals surface area contributed by atoms with Gasteiger partial charge in [0.05, 0.1) is 21.3 Å². The summed E-state index contributed by atoms with van der Waals surface area (Å²) in [4.78, 5) is 48.0. The maximum Gasteiger partial charge on any atom is 0.320 e. The molecule has 1 atom stereocenters. The third kappa shape index (κ3) is 4.65. The molecule has 0 aliphatic rings. The molecule has 1 aromatic rings. The third-order valence-electron chi connectivity index (χ3n) is 3.65. The van der Waals surface area contributed by atoms with Crippen molar-refractivity contribution in [1.29, 1.82) is 0 Å². The molecule has 24 heavy (non-hydrogen) atoms. The van der Waals surface area contributed by atoms with Crippen LogP contribution in [0.4, 0.5) is 0 Å². The van der Waals surface area contributed by atoms with Gasteiger partial charge in [0.25, 0.3) is 0 Å². The first-order valence-corrected chi connectivity index (χ1v) is 7.19. The van der Waals surface area contributed by atoms with Crippen molar-refractivity contribution in [3.8, 4) is 5.75 Å². The molecule has 0 fully saturated rings. The van der Waals surface area contributed by atoms with E-state index in [0.717, 1.165) is 14.2 Å². The summed E-state index contributed by atoms with van der Waals surface area (Å²) >= 11 is 0. The van der Waals surface area contributed by atoms with Crippen LogP contribution in [0.1, 0.15) is 23.7 Å². The predicted molar refractivity (Wildman–Crippen MR) is 83.6 cm³/mol. The Morgan fingerprint density at radius 1 is 0.917 bits per heavy atom. The standard InChI is InChI=1S/C17H20O7/c1-10(18)13(15(16(20)23-3)17(21)24-4)9-14(19)11-5-7-12(22-2)8-6-11/h5-8,13,15H,9H2,1-4H3. The van der Waals surface area contributed by atoms with Gasteiger partial charge in [0.1, 0.15) is 11.5 Å². The van der Waals surface area contributed by atoms with Gasteiger partial charge in [-0.2, -0.15) is 0 Å². The van der Waals surface area contributed by atoms with E-state index in [1.54, 1.807) is 24.3 Å². The molecule has 0 aromatic heterocycles. The molecule has 0 radical (unpaired) electrons. The van der Waals surface area contributed by atoms with Gasteiger partial charge < -0.3 is 14.2 Å². The van der Waals surface area contributed by atoms with Gasteiger partial charge in [0.15, 0.2) is 11.7 Å². The average molecular weight is 336 g/mol. The molecule has 0 saturated heterocycles. The van der Waals surface area contributed by atoms with Crippen molar-refractivity contribution < 1.29 is 33.4 Å².